The molecule has 1 saturated carbocycles. The monoisotopic (exact) mass is 589 g/mol. The molecule has 2 fully saturated rings. The summed E-state index contributed by atoms with van der Waals surface area (Å²) in [4.78, 5) is 41.6. The first-order chi connectivity index (χ1) is 18.9. The highest BCUT2D eigenvalue weighted by Gasteiger charge is 2.51. The van der Waals surface area contributed by atoms with E-state index in [1.54, 1.807) is 23.1 Å². The molecule has 1 heterocycles. The van der Waals surface area contributed by atoms with Crippen molar-refractivity contribution in [3.05, 3.63) is 47.5 Å². The fourth-order valence-corrected chi connectivity index (χ4v) is 6.37. The molecule has 8 nitrogen and oxygen atoms in total. The van der Waals surface area contributed by atoms with Crippen LogP contribution in [-0.2, 0) is 19.9 Å². The molecule has 2 aliphatic rings. The number of hydrogen-bond donors (Lipinski definition) is 3. The van der Waals surface area contributed by atoms with E-state index in [2.05, 4.69) is 17.2 Å². The number of amides is 3. The smallest absolute Gasteiger partial charge is 0.408 e. The first-order valence-electron chi connectivity index (χ1n) is 14.6. The van der Waals surface area contributed by atoms with Crippen molar-refractivity contribution in [2.75, 3.05) is 13.1 Å². The summed E-state index contributed by atoms with van der Waals surface area (Å²) in [5.41, 5.74) is -2.23. The van der Waals surface area contributed by atoms with Gasteiger partial charge in [-0.3, -0.25) is 9.59 Å². The lowest BCUT2D eigenvalue weighted by Gasteiger charge is -2.51. The second-order valence-electron chi connectivity index (χ2n) is 13.8. The fourth-order valence-electron chi connectivity index (χ4n) is 6.25. The van der Waals surface area contributed by atoms with Gasteiger partial charge in [0.05, 0.1) is 5.60 Å². The molecule has 4 atom stereocenters. The van der Waals surface area contributed by atoms with Crippen LogP contribution in [-0.4, -0.2) is 58.2 Å². The van der Waals surface area contributed by atoms with Gasteiger partial charge in [-0.2, -0.15) is 0 Å². The van der Waals surface area contributed by atoms with Gasteiger partial charge in [-0.25, -0.2) is 4.79 Å². The van der Waals surface area contributed by atoms with Crippen molar-refractivity contribution < 1.29 is 24.2 Å². The lowest BCUT2D eigenvalue weighted by atomic mass is 9.66. The van der Waals surface area contributed by atoms with E-state index in [9.17, 15) is 19.5 Å². The van der Waals surface area contributed by atoms with E-state index in [4.69, 9.17) is 16.3 Å². The number of aliphatic hydroxyl groups is 1. The molecule has 1 saturated heterocycles. The van der Waals surface area contributed by atoms with Crippen LogP contribution >= 0.6 is 11.6 Å². The number of alkyl carbamates (subject to hydrolysis) is 1. The fraction of sp³-hybridized carbons (Fsp3) is 0.656. The minimum Gasteiger partial charge on any atom is -0.444 e. The summed E-state index contributed by atoms with van der Waals surface area (Å²) in [5.74, 6) is -0.831. The Bertz CT molecular complexity index is 1130. The molecule has 41 heavy (non-hydrogen) atoms. The minimum absolute atomic E-state index is 0.133. The van der Waals surface area contributed by atoms with Crippen LogP contribution in [0, 0.1) is 17.3 Å². The van der Waals surface area contributed by atoms with Gasteiger partial charge in [-0.1, -0.05) is 57.5 Å². The quantitative estimate of drug-likeness (QED) is 0.344. The molecule has 3 N–H and O–H groups in total. The normalized spacial score (nSPS) is 26.8. The molecule has 3 rings (SSSR count). The first-order valence-corrected chi connectivity index (χ1v) is 15.0. The van der Waals surface area contributed by atoms with Crippen molar-refractivity contribution in [3.63, 3.8) is 0 Å². The zero-order valence-corrected chi connectivity index (χ0v) is 26.4. The van der Waals surface area contributed by atoms with Gasteiger partial charge in [0.1, 0.15) is 11.6 Å². The maximum absolute atomic E-state index is 13.8. The summed E-state index contributed by atoms with van der Waals surface area (Å²) in [5, 5.41) is 18.4. The SMILES string of the molecule is C=CCC1(NC(=O)OC(C)(C)C)CCC(C(=O)NC(C(=O)N2CCC(O)(c3ccc(Cl)cc3)C(C)(C)C2)C(C)C)C1. The number of carbonyl (C=O) groups excluding carboxylic acids is 3. The number of ether oxygens (including phenoxy) is 1. The first kappa shape index (κ1) is 32.9. The molecule has 0 bridgehead atoms. The molecule has 1 aliphatic heterocycles. The number of piperidine rings is 1. The largest absolute Gasteiger partial charge is 0.444 e. The average Bonchev–Trinajstić information content (AvgIpc) is 3.26. The molecule has 1 aliphatic carbocycles. The van der Waals surface area contributed by atoms with Crippen LogP contribution in [0.5, 0.6) is 0 Å². The summed E-state index contributed by atoms with van der Waals surface area (Å²) in [6, 6.07) is 6.51. The topological polar surface area (TPSA) is 108 Å². The van der Waals surface area contributed by atoms with Gasteiger partial charge in [-0.05, 0) is 76.5 Å². The summed E-state index contributed by atoms with van der Waals surface area (Å²) in [6.07, 6.45) is 3.76. The Labute approximate surface area is 250 Å². The molecule has 4 unspecified atom stereocenters. The second kappa shape index (κ2) is 12.3. The van der Waals surface area contributed by atoms with Crippen molar-refractivity contribution in [1.82, 2.24) is 15.5 Å². The molecule has 0 spiro atoms. The van der Waals surface area contributed by atoms with Crippen molar-refractivity contribution in [2.24, 2.45) is 17.3 Å². The highest BCUT2D eigenvalue weighted by molar-refractivity contribution is 6.30. The molecule has 3 amide bonds. The minimum atomic E-state index is -1.12. The zero-order chi connectivity index (χ0) is 30.8. The molecule has 9 heteroatoms. The van der Waals surface area contributed by atoms with Gasteiger partial charge in [-0.15, -0.1) is 6.58 Å². The second-order valence-corrected chi connectivity index (χ2v) is 14.3. The molecular formula is C32H48ClN3O5. The Hall–Kier alpha value is -2.58. The third-order valence-corrected chi connectivity index (χ3v) is 8.85. The van der Waals surface area contributed by atoms with E-state index < -0.39 is 34.3 Å². The molecule has 1 aromatic carbocycles. The van der Waals surface area contributed by atoms with Gasteiger partial charge in [0.25, 0.3) is 0 Å². The highest BCUT2D eigenvalue weighted by Crippen LogP contribution is 2.46. The maximum Gasteiger partial charge on any atom is 0.408 e. The Morgan fingerprint density at radius 3 is 2.37 bits per heavy atom. The molecule has 228 valence electrons. The number of likely N-dealkylation sites (tertiary alicyclic amines) is 1. The number of rotatable bonds is 8. The van der Waals surface area contributed by atoms with E-state index in [-0.39, 0.29) is 23.7 Å². The third-order valence-electron chi connectivity index (χ3n) is 8.59. The number of benzene rings is 1. The van der Waals surface area contributed by atoms with Crippen molar-refractivity contribution in [1.29, 1.82) is 0 Å². The maximum atomic E-state index is 13.8. The van der Waals surface area contributed by atoms with Crippen molar-refractivity contribution >= 4 is 29.5 Å². The molecule has 0 radical (unpaired) electrons. The Balaban J connectivity index is 1.69. The van der Waals surface area contributed by atoms with Crippen LogP contribution < -0.4 is 10.6 Å². The van der Waals surface area contributed by atoms with Gasteiger partial charge < -0.3 is 25.4 Å². The van der Waals surface area contributed by atoms with Crippen molar-refractivity contribution in [3.8, 4) is 0 Å². The predicted molar refractivity (Wildman–Crippen MR) is 161 cm³/mol. The van der Waals surface area contributed by atoms with Gasteiger partial charge in [0.15, 0.2) is 0 Å². The lowest BCUT2D eigenvalue weighted by Crippen LogP contribution is -2.60. The number of halogens is 1. The number of hydrogen-bond acceptors (Lipinski definition) is 5. The summed E-state index contributed by atoms with van der Waals surface area (Å²) < 4.78 is 5.47. The number of nitrogens with one attached hydrogen (secondary N) is 2. The molecule has 1 aromatic rings. The van der Waals surface area contributed by atoms with Crippen molar-refractivity contribution in [2.45, 2.75) is 103 Å². The van der Waals surface area contributed by atoms with Crippen LogP contribution in [0.25, 0.3) is 0 Å². The van der Waals surface area contributed by atoms with Crippen LogP contribution in [0.4, 0.5) is 4.79 Å². The Morgan fingerprint density at radius 1 is 1.20 bits per heavy atom. The number of nitrogens with zero attached hydrogens (tertiary/aromatic N) is 1. The van der Waals surface area contributed by atoms with Crippen LogP contribution in [0.1, 0.15) is 86.1 Å². The average molecular weight is 590 g/mol. The highest BCUT2D eigenvalue weighted by atomic mass is 35.5. The lowest BCUT2D eigenvalue weighted by molar-refractivity contribution is -0.157. The van der Waals surface area contributed by atoms with Gasteiger partial charge >= 0.3 is 6.09 Å². The van der Waals surface area contributed by atoms with E-state index in [1.807, 2.05) is 60.6 Å². The zero-order valence-electron chi connectivity index (χ0n) is 25.7. The van der Waals surface area contributed by atoms with Gasteiger partial charge in [0.2, 0.25) is 11.8 Å². The molecular weight excluding hydrogens is 542 g/mol. The van der Waals surface area contributed by atoms with Crippen LogP contribution in [0.15, 0.2) is 36.9 Å². The summed E-state index contributed by atoms with van der Waals surface area (Å²) >= 11 is 6.06. The summed E-state index contributed by atoms with van der Waals surface area (Å²) in [7, 11) is 0. The van der Waals surface area contributed by atoms with Crippen LogP contribution in [0.3, 0.4) is 0 Å². The van der Waals surface area contributed by atoms with E-state index in [0.29, 0.717) is 50.2 Å². The van der Waals surface area contributed by atoms with Gasteiger partial charge in [0, 0.05) is 35.0 Å². The number of carbonyl (C=O) groups is 3. The third kappa shape index (κ3) is 7.63. The standard InChI is InChI=1S/C32H48ClN3O5/c1-9-15-31(35-28(39)41-29(4,5)6)16-14-22(19-31)26(37)34-25(21(2)3)27(38)36-18-17-32(40,30(7,8)20-36)23-10-12-24(33)13-11-23/h9-13,21-22,25,40H,1,14-20H2,2-8H3,(H,34,37)(H,35,39). The molecule has 0 aromatic heterocycles. The predicted octanol–water partition coefficient (Wildman–Crippen LogP) is 5.57. The Morgan fingerprint density at radius 2 is 1.83 bits per heavy atom. The van der Waals surface area contributed by atoms with E-state index in [0.717, 1.165) is 5.56 Å². The van der Waals surface area contributed by atoms with E-state index in [1.165, 1.54) is 0 Å². The summed E-state index contributed by atoms with van der Waals surface area (Å²) in [6.45, 7) is 17.7. The van der Waals surface area contributed by atoms with Crippen LogP contribution in [0.2, 0.25) is 5.02 Å². The Kier molecular flexibility index (Phi) is 9.91. The van der Waals surface area contributed by atoms with E-state index >= 15 is 0 Å².